The molecule has 3 aromatic rings. The van der Waals surface area contributed by atoms with Gasteiger partial charge in [-0.05, 0) is 29.8 Å². The molecule has 1 fully saturated rings. The van der Waals surface area contributed by atoms with Gasteiger partial charge in [-0.25, -0.2) is 9.37 Å². The molecule has 4 rings (SSSR count). The maximum atomic E-state index is 13.5. The zero-order chi connectivity index (χ0) is 14.3. The number of hydrogen-bond donors (Lipinski definition) is 1. The summed E-state index contributed by atoms with van der Waals surface area (Å²) in [6.07, 6.45) is 0.864. The zero-order valence-corrected chi connectivity index (χ0v) is 12.3. The largest absolute Gasteiger partial charge is 0.315 e. The van der Waals surface area contributed by atoms with Gasteiger partial charge in [0, 0.05) is 24.9 Å². The van der Waals surface area contributed by atoms with Crippen LogP contribution >= 0.6 is 11.3 Å². The Bertz CT molecular complexity index is 759. The number of halogens is 1. The normalized spacial score (nSPS) is 16.8. The second-order valence-electron chi connectivity index (χ2n) is 5.65. The van der Waals surface area contributed by atoms with E-state index in [1.54, 1.807) is 23.5 Å². The van der Waals surface area contributed by atoms with E-state index in [2.05, 4.69) is 11.4 Å². The fourth-order valence-electron chi connectivity index (χ4n) is 2.96. The van der Waals surface area contributed by atoms with Crippen molar-refractivity contribution < 1.29 is 4.39 Å². The fraction of sp³-hybridized carbons (Fsp3) is 0.235. The van der Waals surface area contributed by atoms with E-state index in [4.69, 9.17) is 4.98 Å². The molecule has 0 amide bonds. The van der Waals surface area contributed by atoms with Gasteiger partial charge in [0.2, 0.25) is 0 Å². The topological polar surface area (TPSA) is 24.9 Å². The lowest BCUT2D eigenvalue weighted by Gasteiger charge is -2.43. The number of thiazole rings is 1. The predicted octanol–water partition coefficient (Wildman–Crippen LogP) is 3.52. The standard InChI is InChI=1S/C17H15FN2S/c18-13-5-3-4-12(8-13)17(10-19-11-17)9-16-20-14-6-1-2-7-15(14)21-16/h1-8,19H,9-11H2. The maximum Gasteiger partial charge on any atom is 0.123 e. The molecular formula is C17H15FN2S. The van der Waals surface area contributed by atoms with Crippen LogP contribution < -0.4 is 5.32 Å². The smallest absolute Gasteiger partial charge is 0.123 e. The van der Waals surface area contributed by atoms with Gasteiger partial charge in [-0.2, -0.15) is 0 Å². The van der Waals surface area contributed by atoms with Crippen molar-refractivity contribution in [1.82, 2.24) is 10.3 Å². The van der Waals surface area contributed by atoms with Gasteiger partial charge >= 0.3 is 0 Å². The highest BCUT2D eigenvalue weighted by molar-refractivity contribution is 7.18. The molecular weight excluding hydrogens is 283 g/mol. The minimum absolute atomic E-state index is 0.0179. The highest BCUT2D eigenvalue weighted by Gasteiger charge is 2.39. The number of para-hydroxylation sites is 1. The Morgan fingerprint density at radius 1 is 1.14 bits per heavy atom. The molecule has 2 nitrogen and oxygen atoms in total. The quantitative estimate of drug-likeness (QED) is 0.800. The monoisotopic (exact) mass is 298 g/mol. The molecule has 21 heavy (non-hydrogen) atoms. The molecule has 1 aliphatic rings. The van der Waals surface area contributed by atoms with Gasteiger partial charge in [0.1, 0.15) is 5.82 Å². The maximum absolute atomic E-state index is 13.5. The van der Waals surface area contributed by atoms with E-state index in [1.807, 2.05) is 24.3 Å². The van der Waals surface area contributed by atoms with Gasteiger partial charge in [0.25, 0.3) is 0 Å². The van der Waals surface area contributed by atoms with Crippen LogP contribution in [-0.2, 0) is 11.8 Å². The zero-order valence-electron chi connectivity index (χ0n) is 11.5. The highest BCUT2D eigenvalue weighted by atomic mass is 32.1. The summed E-state index contributed by atoms with van der Waals surface area (Å²) in [4.78, 5) is 4.72. The molecule has 0 spiro atoms. The Hall–Kier alpha value is -1.78. The van der Waals surface area contributed by atoms with E-state index in [0.717, 1.165) is 35.6 Å². The van der Waals surface area contributed by atoms with Gasteiger partial charge in [0.15, 0.2) is 0 Å². The Kier molecular flexibility index (Phi) is 3.01. The first-order valence-corrected chi connectivity index (χ1v) is 7.88. The van der Waals surface area contributed by atoms with Crippen LogP contribution in [0.5, 0.6) is 0 Å². The Labute approximate surface area is 126 Å². The lowest BCUT2D eigenvalue weighted by molar-refractivity contribution is 0.273. The Balaban J connectivity index is 1.70. The molecule has 1 aromatic heterocycles. The van der Waals surface area contributed by atoms with E-state index in [1.165, 1.54) is 10.8 Å². The molecule has 0 saturated carbocycles. The van der Waals surface area contributed by atoms with Crippen LogP contribution in [0.2, 0.25) is 0 Å². The van der Waals surface area contributed by atoms with Crippen molar-refractivity contribution in [3.8, 4) is 0 Å². The van der Waals surface area contributed by atoms with Crippen LogP contribution in [0.15, 0.2) is 48.5 Å². The Morgan fingerprint density at radius 2 is 2.00 bits per heavy atom. The summed E-state index contributed by atoms with van der Waals surface area (Å²) in [5, 5.41) is 4.46. The van der Waals surface area contributed by atoms with Gasteiger partial charge in [0.05, 0.1) is 15.2 Å². The average Bonchev–Trinajstić information content (AvgIpc) is 2.85. The third kappa shape index (κ3) is 2.24. The second-order valence-corrected chi connectivity index (χ2v) is 6.76. The number of nitrogens with zero attached hydrogens (tertiary/aromatic N) is 1. The van der Waals surface area contributed by atoms with Crippen LogP contribution in [0, 0.1) is 5.82 Å². The predicted molar refractivity (Wildman–Crippen MR) is 84.3 cm³/mol. The summed E-state index contributed by atoms with van der Waals surface area (Å²) in [7, 11) is 0. The first kappa shape index (κ1) is 12.9. The number of nitrogens with one attached hydrogen (secondary N) is 1. The third-order valence-electron chi connectivity index (χ3n) is 4.19. The molecule has 2 heterocycles. The lowest BCUT2D eigenvalue weighted by Crippen LogP contribution is -2.58. The van der Waals surface area contributed by atoms with Crippen molar-refractivity contribution >= 4 is 21.6 Å². The molecule has 0 radical (unpaired) electrons. The SMILES string of the molecule is Fc1cccc(C2(Cc3nc4ccccc4s3)CNC2)c1. The summed E-state index contributed by atoms with van der Waals surface area (Å²) >= 11 is 1.74. The van der Waals surface area contributed by atoms with Crippen molar-refractivity contribution in [3.63, 3.8) is 0 Å². The first-order valence-electron chi connectivity index (χ1n) is 7.06. The van der Waals surface area contributed by atoms with Gasteiger partial charge in [-0.3, -0.25) is 0 Å². The van der Waals surface area contributed by atoms with Crippen molar-refractivity contribution in [2.24, 2.45) is 0 Å². The fourth-order valence-corrected chi connectivity index (χ4v) is 4.07. The van der Waals surface area contributed by atoms with Crippen LogP contribution in [0.4, 0.5) is 4.39 Å². The number of fused-ring (bicyclic) bond motifs is 1. The van der Waals surface area contributed by atoms with Crippen molar-refractivity contribution in [2.75, 3.05) is 13.1 Å². The van der Waals surface area contributed by atoms with Crippen LogP contribution in [0.3, 0.4) is 0 Å². The minimum Gasteiger partial charge on any atom is -0.315 e. The van der Waals surface area contributed by atoms with Gasteiger partial charge in [-0.1, -0.05) is 24.3 Å². The highest BCUT2D eigenvalue weighted by Crippen LogP contribution is 2.35. The molecule has 1 aliphatic heterocycles. The average molecular weight is 298 g/mol. The molecule has 0 bridgehead atoms. The number of hydrogen-bond acceptors (Lipinski definition) is 3. The van der Waals surface area contributed by atoms with Gasteiger partial charge in [-0.15, -0.1) is 11.3 Å². The molecule has 0 aliphatic carbocycles. The van der Waals surface area contributed by atoms with Crippen LogP contribution in [-0.4, -0.2) is 18.1 Å². The van der Waals surface area contributed by atoms with Crippen molar-refractivity contribution in [1.29, 1.82) is 0 Å². The molecule has 2 aromatic carbocycles. The first-order chi connectivity index (χ1) is 10.3. The second kappa shape index (κ2) is 4.90. The molecule has 1 N–H and O–H groups in total. The minimum atomic E-state index is -0.164. The summed E-state index contributed by atoms with van der Waals surface area (Å²) < 4.78 is 14.7. The Morgan fingerprint density at radius 3 is 2.71 bits per heavy atom. The summed E-state index contributed by atoms with van der Waals surface area (Å²) in [5.74, 6) is -0.164. The van der Waals surface area contributed by atoms with E-state index in [9.17, 15) is 4.39 Å². The van der Waals surface area contributed by atoms with Crippen molar-refractivity contribution in [2.45, 2.75) is 11.8 Å². The van der Waals surface area contributed by atoms with Crippen LogP contribution in [0.1, 0.15) is 10.6 Å². The van der Waals surface area contributed by atoms with E-state index in [0.29, 0.717) is 0 Å². The number of benzene rings is 2. The number of rotatable bonds is 3. The lowest BCUT2D eigenvalue weighted by atomic mass is 9.73. The van der Waals surface area contributed by atoms with E-state index >= 15 is 0 Å². The van der Waals surface area contributed by atoms with Crippen LogP contribution in [0.25, 0.3) is 10.2 Å². The molecule has 0 unspecified atom stereocenters. The van der Waals surface area contributed by atoms with E-state index < -0.39 is 0 Å². The molecule has 106 valence electrons. The summed E-state index contributed by atoms with van der Waals surface area (Å²) in [6.45, 7) is 1.76. The molecule has 4 heteroatoms. The molecule has 0 atom stereocenters. The van der Waals surface area contributed by atoms with E-state index in [-0.39, 0.29) is 11.2 Å². The molecule has 1 saturated heterocycles. The van der Waals surface area contributed by atoms with Crippen molar-refractivity contribution in [3.05, 3.63) is 64.9 Å². The summed E-state index contributed by atoms with van der Waals surface area (Å²) in [5.41, 5.74) is 2.11. The third-order valence-corrected chi connectivity index (χ3v) is 5.23. The number of aromatic nitrogens is 1. The summed E-state index contributed by atoms with van der Waals surface area (Å²) in [6, 6.07) is 15.2. The van der Waals surface area contributed by atoms with Gasteiger partial charge < -0.3 is 5.32 Å².